The molecule has 0 bridgehead atoms. The number of hydrogen-bond donors (Lipinski definition) is 0. The number of ether oxygens (including phenoxy) is 1. The maximum atomic E-state index is 12.6. The molecular formula is C19H20ClN3O4. The van der Waals surface area contributed by atoms with Crippen molar-refractivity contribution in [3.63, 3.8) is 0 Å². The summed E-state index contributed by atoms with van der Waals surface area (Å²) in [6.07, 6.45) is 0. The van der Waals surface area contributed by atoms with E-state index in [0.29, 0.717) is 30.2 Å². The van der Waals surface area contributed by atoms with Gasteiger partial charge in [-0.2, -0.15) is 0 Å². The number of piperazine rings is 1. The molecule has 8 heteroatoms. The summed E-state index contributed by atoms with van der Waals surface area (Å²) < 4.78 is 5.39. The minimum Gasteiger partial charge on any atom is -0.496 e. The molecule has 2 aromatic carbocycles. The molecule has 1 saturated heterocycles. The average molecular weight is 390 g/mol. The SMILES string of the molecule is COc1ccc(Cl)cc1CN1CCN(C(=O)c2ccc([N+](=O)[O-])cc2)CC1. The number of nitro benzene ring substituents is 1. The Hall–Kier alpha value is -2.64. The Balaban J connectivity index is 1.59. The number of non-ortho nitro benzene ring substituents is 1. The summed E-state index contributed by atoms with van der Waals surface area (Å²) in [5, 5.41) is 11.4. The lowest BCUT2D eigenvalue weighted by molar-refractivity contribution is -0.384. The van der Waals surface area contributed by atoms with E-state index in [4.69, 9.17) is 16.3 Å². The third-order valence-corrected chi connectivity index (χ3v) is 4.86. The summed E-state index contributed by atoms with van der Waals surface area (Å²) in [5.74, 6) is 0.689. The fourth-order valence-electron chi connectivity index (χ4n) is 3.13. The summed E-state index contributed by atoms with van der Waals surface area (Å²) in [6.45, 7) is 3.35. The molecule has 0 aliphatic carbocycles. The minimum atomic E-state index is -0.475. The molecule has 142 valence electrons. The van der Waals surface area contributed by atoms with Crippen LogP contribution in [0.25, 0.3) is 0 Å². The van der Waals surface area contributed by atoms with Gasteiger partial charge in [0.15, 0.2) is 0 Å². The van der Waals surface area contributed by atoms with Crippen LogP contribution in [0.15, 0.2) is 42.5 Å². The molecule has 1 aliphatic heterocycles. The van der Waals surface area contributed by atoms with E-state index < -0.39 is 4.92 Å². The molecule has 27 heavy (non-hydrogen) atoms. The Labute approximate surface area is 162 Å². The number of rotatable bonds is 5. The molecule has 1 heterocycles. The minimum absolute atomic E-state index is 0.0214. The van der Waals surface area contributed by atoms with Crippen LogP contribution in [0, 0.1) is 10.1 Å². The van der Waals surface area contributed by atoms with Crippen molar-refractivity contribution in [3.8, 4) is 5.75 Å². The van der Waals surface area contributed by atoms with Crippen molar-refractivity contribution in [2.45, 2.75) is 6.54 Å². The molecule has 1 fully saturated rings. The van der Waals surface area contributed by atoms with Crippen molar-refractivity contribution in [1.29, 1.82) is 0 Å². The smallest absolute Gasteiger partial charge is 0.269 e. The summed E-state index contributed by atoms with van der Waals surface area (Å²) in [4.78, 5) is 26.9. The summed E-state index contributed by atoms with van der Waals surface area (Å²) >= 11 is 6.09. The molecule has 1 amide bonds. The second-order valence-corrected chi connectivity index (χ2v) is 6.76. The quantitative estimate of drug-likeness (QED) is 0.579. The topological polar surface area (TPSA) is 75.9 Å². The Morgan fingerprint density at radius 2 is 1.81 bits per heavy atom. The van der Waals surface area contributed by atoms with Gasteiger partial charge in [0.05, 0.1) is 12.0 Å². The highest BCUT2D eigenvalue weighted by Gasteiger charge is 2.23. The van der Waals surface area contributed by atoms with Gasteiger partial charge in [0, 0.05) is 61.0 Å². The Kier molecular flexibility index (Phi) is 5.93. The summed E-state index contributed by atoms with van der Waals surface area (Å²) in [7, 11) is 1.63. The third-order valence-electron chi connectivity index (χ3n) is 4.62. The molecule has 0 N–H and O–H groups in total. The van der Waals surface area contributed by atoms with E-state index in [2.05, 4.69) is 4.90 Å². The fourth-order valence-corrected chi connectivity index (χ4v) is 3.32. The number of carbonyl (C=O) groups excluding carboxylic acids is 1. The molecule has 0 aromatic heterocycles. The molecule has 2 aromatic rings. The van der Waals surface area contributed by atoms with Crippen molar-refractivity contribution < 1.29 is 14.5 Å². The van der Waals surface area contributed by atoms with E-state index in [9.17, 15) is 14.9 Å². The molecule has 7 nitrogen and oxygen atoms in total. The maximum Gasteiger partial charge on any atom is 0.269 e. The second-order valence-electron chi connectivity index (χ2n) is 6.33. The maximum absolute atomic E-state index is 12.6. The normalized spacial score (nSPS) is 14.8. The van der Waals surface area contributed by atoms with Gasteiger partial charge in [-0.15, -0.1) is 0 Å². The summed E-state index contributed by atoms with van der Waals surface area (Å²) in [6, 6.07) is 11.3. The van der Waals surface area contributed by atoms with Gasteiger partial charge in [-0.3, -0.25) is 19.8 Å². The lowest BCUT2D eigenvalue weighted by Gasteiger charge is -2.35. The van der Waals surface area contributed by atoms with Crippen LogP contribution >= 0.6 is 11.6 Å². The first kappa shape index (κ1) is 19.1. The Bertz CT molecular complexity index is 833. The lowest BCUT2D eigenvalue weighted by Crippen LogP contribution is -2.48. The van der Waals surface area contributed by atoms with E-state index in [0.717, 1.165) is 24.4 Å². The zero-order valence-electron chi connectivity index (χ0n) is 14.9. The number of methoxy groups -OCH3 is 1. The lowest BCUT2D eigenvalue weighted by atomic mass is 10.1. The number of amides is 1. The van der Waals surface area contributed by atoms with Crippen LogP contribution in [0.4, 0.5) is 5.69 Å². The zero-order chi connectivity index (χ0) is 19.4. The van der Waals surface area contributed by atoms with Crippen molar-refractivity contribution in [2.24, 2.45) is 0 Å². The molecule has 3 rings (SSSR count). The Morgan fingerprint density at radius 1 is 1.15 bits per heavy atom. The monoisotopic (exact) mass is 389 g/mol. The van der Waals surface area contributed by atoms with Gasteiger partial charge in [-0.1, -0.05) is 11.6 Å². The number of benzene rings is 2. The first-order chi connectivity index (χ1) is 13.0. The van der Waals surface area contributed by atoms with Gasteiger partial charge in [0.25, 0.3) is 11.6 Å². The molecule has 0 spiro atoms. The van der Waals surface area contributed by atoms with Crippen molar-refractivity contribution in [1.82, 2.24) is 9.80 Å². The number of nitrogens with zero attached hydrogens (tertiary/aromatic N) is 3. The van der Waals surface area contributed by atoms with E-state index >= 15 is 0 Å². The highest BCUT2D eigenvalue weighted by Crippen LogP contribution is 2.24. The molecule has 0 radical (unpaired) electrons. The van der Waals surface area contributed by atoms with Gasteiger partial charge >= 0.3 is 0 Å². The zero-order valence-corrected chi connectivity index (χ0v) is 15.7. The predicted octanol–water partition coefficient (Wildman–Crippen LogP) is 3.21. The highest BCUT2D eigenvalue weighted by molar-refractivity contribution is 6.30. The van der Waals surface area contributed by atoms with Crippen LogP contribution in [-0.2, 0) is 6.54 Å². The van der Waals surface area contributed by atoms with Crippen LogP contribution in [-0.4, -0.2) is 53.9 Å². The van der Waals surface area contributed by atoms with E-state index in [1.165, 1.54) is 24.3 Å². The predicted molar refractivity (Wildman–Crippen MR) is 102 cm³/mol. The first-order valence-electron chi connectivity index (χ1n) is 8.56. The van der Waals surface area contributed by atoms with Crippen LogP contribution in [0.5, 0.6) is 5.75 Å². The van der Waals surface area contributed by atoms with E-state index in [-0.39, 0.29) is 11.6 Å². The van der Waals surface area contributed by atoms with Gasteiger partial charge in [0.1, 0.15) is 5.75 Å². The van der Waals surface area contributed by atoms with Crippen LogP contribution in [0.3, 0.4) is 0 Å². The molecule has 0 saturated carbocycles. The molecular weight excluding hydrogens is 370 g/mol. The molecule has 0 atom stereocenters. The van der Waals surface area contributed by atoms with Crippen LogP contribution < -0.4 is 4.74 Å². The van der Waals surface area contributed by atoms with Gasteiger partial charge < -0.3 is 9.64 Å². The Morgan fingerprint density at radius 3 is 2.41 bits per heavy atom. The van der Waals surface area contributed by atoms with Gasteiger partial charge in [0.2, 0.25) is 0 Å². The van der Waals surface area contributed by atoms with Crippen molar-refractivity contribution in [3.05, 3.63) is 68.7 Å². The van der Waals surface area contributed by atoms with Crippen molar-refractivity contribution in [2.75, 3.05) is 33.3 Å². The second kappa shape index (κ2) is 8.37. The molecule has 0 unspecified atom stereocenters. The third kappa shape index (κ3) is 4.56. The van der Waals surface area contributed by atoms with Crippen LogP contribution in [0.1, 0.15) is 15.9 Å². The first-order valence-corrected chi connectivity index (χ1v) is 8.94. The number of carbonyl (C=O) groups is 1. The molecule has 1 aliphatic rings. The van der Waals surface area contributed by atoms with Crippen molar-refractivity contribution >= 4 is 23.2 Å². The van der Waals surface area contributed by atoms with Crippen LogP contribution in [0.2, 0.25) is 5.02 Å². The van der Waals surface area contributed by atoms with Gasteiger partial charge in [-0.25, -0.2) is 0 Å². The number of hydrogen-bond acceptors (Lipinski definition) is 5. The average Bonchev–Trinajstić information content (AvgIpc) is 2.68. The van der Waals surface area contributed by atoms with E-state index in [1.54, 1.807) is 18.1 Å². The number of nitro groups is 1. The fraction of sp³-hybridized carbons (Fsp3) is 0.316. The van der Waals surface area contributed by atoms with Gasteiger partial charge in [-0.05, 0) is 30.3 Å². The number of halogens is 1. The summed E-state index contributed by atoms with van der Waals surface area (Å²) in [5.41, 5.74) is 1.46. The standard InChI is InChI=1S/C19H20ClN3O4/c1-27-18-7-4-16(20)12-15(18)13-21-8-10-22(11-9-21)19(24)14-2-5-17(6-3-14)23(25)26/h2-7,12H,8-11,13H2,1H3. The van der Waals surface area contributed by atoms with E-state index in [1.807, 2.05) is 12.1 Å². The largest absolute Gasteiger partial charge is 0.496 e. The highest BCUT2D eigenvalue weighted by atomic mass is 35.5.